The number of nitrogens with two attached hydrogens (primary N) is 1. The standard InChI is InChI=1S/C7H13N5OS/c1-7(2,3)12-6(9-10-11-12)14-4-5(8)13/h4H2,1-3H3,(H2,8,13). The van der Waals surface area contributed by atoms with Crippen molar-refractivity contribution in [2.75, 3.05) is 5.75 Å². The van der Waals surface area contributed by atoms with E-state index in [0.717, 1.165) is 0 Å². The summed E-state index contributed by atoms with van der Waals surface area (Å²) in [4.78, 5) is 10.6. The first-order valence-electron chi connectivity index (χ1n) is 4.11. The van der Waals surface area contributed by atoms with E-state index in [1.807, 2.05) is 20.8 Å². The molecule has 1 aromatic heterocycles. The molecular formula is C7H13N5OS. The maximum atomic E-state index is 10.6. The topological polar surface area (TPSA) is 86.7 Å². The fourth-order valence-electron chi connectivity index (χ4n) is 0.826. The van der Waals surface area contributed by atoms with Gasteiger partial charge >= 0.3 is 0 Å². The van der Waals surface area contributed by atoms with Crippen LogP contribution in [0.25, 0.3) is 0 Å². The van der Waals surface area contributed by atoms with Crippen molar-refractivity contribution in [1.82, 2.24) is 20.2 Å². The molecule has 0 bridgehead atoms. The average molecular weight is 215 g/mol. The van der Waals surface area contributed by atoms with Gasteiger partial charge in [-0.1, -0.05) is 11.8 Å². The molecule has 6 nitrogen and oxygen atoms in total. The molecule has 0 spiro atoms. The van der Waals surface area contributed by atoms with Gasteiger partial charge in [-0.15, -0.1) is 5.10 Å². The highest BCUT2D eigenvalue weighted by Crippen LogP contribution is 2.20. The molecule has 14 heavy (non-hydrogen) atoms. The third-order valence-electron chi connectivity index (χ3n) is 1.42. The lowest BCUT2D eigenvalue weighted by Crippen LogP contribution is -2.24. The molecule has 1 aromatic rings. The summed E-state index contributed by atoms with van der Waals surface area (Å²) in [5.41, 5.74) is 4.84. The second-order valence-corrected chi connectivity index (χ2v) is 4.74. The number of carbonyl (C=O) groups excluding carboxylic acids is 1. The Hall–Kier alpha value is -1.11. The van der Waals surface area contributed by atoms with E-state index in [0.29, 0.717) is 5.16 Å². The zero-order chi connectivity index (χ0) is 10.8. The van der Waals surface area contributed by atoms with Crippen LogP contribution in [0.2, 0.25) is 0 Å². The van der Waals surface area contributed by atoms with Crippen molar-refractivity contribution in [3.8, 4) is 0 Å². The van der Waals surface area contributed by atoms with Crippen molar-refractivity contribution in [3.63, 3.8) is 0 Å². The predicted octanol–water partition coefficient (Wildman–Crippen LogP) is 0.00550. The molecule has 0 unspecified atom stereocenters. The molecule has 0 aliphatic carbocycles. The van der Waals surface area contributed by atoms with Crippen molar-refractivity contribution >= 4 is 17.7 Å². The minimum Gasteiger partial charge on any atom is -0.369 e. The van der Waals surface area contributed by atoms with Crippen molar-refractivity contribution < 1.29 is 4.79 Å². The molecule has 0 aliphatic heterocycles. The van der Waals surface area contributed by atoms with E-state index in [9.17, 15) is 4.79 Å². The van der Waals surface area contributed by atoms with Crippen LogP contribution in [-0.4, -0.2) is 31.9 Å². The molecule has 1 heterocycles. The van der Waals surface area contributed by atoms with Gasteiger partial charge in [-0.25, -0.2) is 4.68 Å². The summed E-state index contributed by atoms with van der Waals surface area (Å²) in [5, 5.41) is 11.8. The number of hydrogen-bond acceptors (Lipinski definition) is 5. The molecule has 1 rings (SSSR count). The normalized spacial score (nSPS) is 11.6. The third-order valence-corrected chi connectivity index (χ3v) is 2.36. The van der Waals surface area contributed by atoms with Crippen LogP contribution in [0.4, 0.5) is 0 Å². The van der Waals surface area contributed by atoms with E-state index < -0.39 is 0 Å². The summed E-state index contributed by atoms with van der Waals surface area (Å²) in [7, 11) is 0. The molecule has 0 fully saturated rings. The summed E-state index contributed by atoms with van der Waals surface area (Å²) in [6.07, 6.45) is 0. The van der Waals surface area contributed by atoms with E-state index in [-0.39, 0.29) is 17.2 Å². The predicted molar refractivity (Wildman–Crippen MR) is 52.7 cm³/mol. The SMILES string of the molecule is CC(C)(C)n1nnnc1SCC(N)=O. The van der Waals surface area contributed by atoms with Crippen LogP contribution in [0, 0.1) is 0 Å². The highest BCUT2D eigenvalue weighted by molar-refractivity contribution is 7.99. The van der Waals surface area contributed by atoms with Gasteiger partial charge in [0.05, 0.1) is 11.3 Å². The lowest BCUT2D eigenvalue weighted by molar-refractivity contribution is -0.115. The number of carbonyl (C=O) groups is 1. The summed E-state index contributed by atoms with van der Waals surface area (Å²) >= 11 is 1.24. The Morgan fingerprint density at radius 1 is 1.57 bits per heavy atom. The van der Waals surface area contributed by atoms with Crippen LogP contribution >= 0.6 is 11.8 Å². The molecule has 0 radical (unpaired) electrons. The second kappa shape index (κ2) is 3.95. The number of hydrogen-bond donors (Lipinski definition) is 1. The molecule has 0 aliphatic rings. The van der Waals surface area contributed by atoms with E-state index in [1.165, 1.54) is 11.8 Å². The number of aromatic nitrogens is 4. The Morgan fingerprint density at radius 2 is 2.21 bits per heavy atom. The van der Waals surface area contributed by atoms with Gasteiger partial charge in [-0.2, -0.15) is 0 Å². The lowest BCUT2D eigenvalue weighted by atomic mass is 10.1. The van der Waals surface area contributed by atoms with Crippen molar-refractivity contribution in [3.05, 3.63) is 0 Å². The Labute approximate surface area is 86.2 Å². The van der Waals surface area contributed by atoms with E-state index in [1.54, 1.807) is 4.68 Å². The maximum Gasteiger partial charge on any atom is 0.227 e. The molecule has 0 atom stereocenters. The molecule has 0 saturated heterocycles. The molecule has 1 amide bonds. The van der Waals surface area contributed by atoms with Crippen LogP contribution in [0.3, 0.4) is 0 Å². The highest BCUT2D eigenvalue weighted by Gasteiger charge is 2.19. The number of primary amides is 1. The minimum atomic E-state index is -0.376. The molecular weight excluding hydrogens is 202 g/mol. The number of rotatable bonds is 3. The summed E-state index contributed by atoms with van der Waals surface area (Å²) in [6, 6.07) is 0. The Balaban J connectivity index is 2.78. The van der Waals surface area contributed by atoms with Gasteiger partial charge < -0.3 is 5.73 Å². The number of thioether (sulfide) groups is 1. The number of tetrazole rings is 1. The van der Waals surface area contributed by atoms with Crippen molar-refractivity contribution in [1.29, 1.82) is 0 Å². The largest absolute Gasteiger partial charge is 0.369 e. The first-order valence-corrected chi connectivity index (χ1v) is 5.10. The van der Waals surface area contributed by atoms with Crippen LogP contribution in [0.1, 0.15) is 20.8 Å². The number of amides is 1. The molecule has 78 valence electrons. The Morgan fingerprint density at radius 3 is 2.71 bits per heavy atom. The second-order valence-electron chi connectivity index (χ2n) is 3.80. The number of nitrogens with zero attached hydrogens (tertiary/aromatic N) is 4. The Kier molecular flexibility index (Phi) is 3.10. The zero-order valence-corrected chi connectivity index (χ0v) is 9.21. The van der Waals surface area contributed by atoms with Crippen LogP contribution < -0.4 is 5.73 Å². The van der Waals surface area contributed by atoms with Crippen LogP contribution in [0.15, 0.2) is 5.16 Å². The highest BCUT2D eigenvalue weighted by atomic mass is 32.2. The Bertz CT molecular complexity index is 329. The minimum absolute atomic E-state index is 0.191. The van der Waals surface area contributed by atoms with E-state index >= 15 is 0 Å². The van der Waals surface area contributed by atoms with Gasteiger partial charge in [0, 0.05) is 0 Å². The first kappa shape index (κ1) is 11.0. The molecule has 2 N–H and O–H groups in total. The average Bonchev–Trinajstić information content (AvgIpc) is 2.46. The van der Waals surface area contributed by atoms with Crippen molar-refractivity contribution in [2.24, 2.45) is 5.73 Å². The smallest absolute Gasteiger partial charge is 0.227 e. The van der Waals surface area contributed by atoms with E-state index in [4.69, 9.17) is 5.73 Å². The monoisotopic (exact) mass is 215 g/mol. The van der Waals surface area contributed by atoms with Gasteiger partial charge in [-0.05, 0) is 31.2 Å². The quantitative estimate of drug-likeness (QED) is 0.717. The first-order chi connectivity index (χ1) is 6.41. The fourth-order valence-corrected chi connectivity index (χ4v) is 1.62. The van der Waals surface area contributed by atoms with Gasteiger partial charge in [0.1, 0.15) is 0 Å². The molecule has 7 heteroatoms. The third kappa shape index (κ3) is 2.69. The van der Waals surface area contributed by atoms with Gasteiger partial charge in [-0.3, -0.25) is 4.79 Å². The summed E-state index contributed by atoms with van der Waals surface area (Å²) in [5.74, 6) is -0.186. The van der Waals surface area contributed by atoms with E-state index in [2.05, 4.69) is 15.5 Å². The van der Waals surface area contributed by atoms with Gasteiger partial charge in [0.25, 0.3) is 0 Å². The zero-order valence-electron chi connectivity index (χ0n) is 8.39. The fraction of sp³-hybridized carbons (Fsp3) is 0.714. The summed E-state index contributed by atoms with van der Waals surface area (Å²) in [6.45, 7) is 5.95. The molecule has 0 saturated carbocycles. The van der Waals surface area contributed by atoms with Crippen LogP contribution in [-0.2, 0) is 10.3 Å². The van der Waals surface area contributed by atoms with Gasteiger partial charge in [0.15, 0.2) is 0 Å². The lowest BCUT2D eigenvalue weighted by Gasteiger charge is -2.19. The summed E-state index contributed by atoms with van der Waals surface area (Å²) < 4.78 is 1.67. The van der Waals surface area contributed by atoms with Crippen LogP contribution in [0.5, 0.6) is 0 Å². The molecule has 0 aromatic carbocycles. The van der Waals surface area contributed by atoms with Gasteiger partial charge in [0.2, 0.25) is 11.1 Å². The van der Waals surface area contributed by atoms with Crippen molar-refractivity contribution in [2.45, 2.75) is 31.5 Å². The maximum absolute atomic E-state index is 10.6.